The lowest BCUT2D eigenvalue weighted by Gasteiger charge is -2.29. The van der Waals surface area contributed by atoms with Gasteiger partial charge in [0.05, 0.1) is 12.9 Å². The summed E-state index contributed by atoms with van der Waals surface area (Å²) in [6.45, 7) is 0.482. The molecule has 0 spiro atoms. The van der Waals surface area contributed by atoms with Gasteiger partial charge in [-0.2, -0.15) is 0 Å². The van der Waals surface area contributed by atoms with Gasteiger partial charge in [0.2, 0.25) is 0 Å². The third kappa shape index (κ3) is 4.68. The van der Waals surface area contributed by atoms with Crippen LogP contribution in [-0.4, -0.2) is 57.1 Å². The molecule has 1 atom stereocenters. The Kier molecular flexibility index (Phi) is 5.01. The summed E-state index contributed by atoms with van der Waals surface area (Å²) >= 11 is 0. The second kappa shape index (κ2) is 6.49. The van der Waals surface area contributed by atoms with E-state index in [1.165, 1.54) is 25.5 Å². The molecule has 6 nitrogen and oxygen atoms in total. The molecule has 1 aromatic rings. The van der Waals surface area contributed by atoms with Gasteiger partial charge in [-0.05, 0) is 43.0 Å². The van der Waals surface area contributed by atoms with Gasteiger partial charge in [0.1, 0.15) is 21.6 Å². The van der Waals surface area contributed by atoms with Gasteiger partial charge in [0, 0.05) is 12.8 Å². The van der Waals surface area contributed by atoms with Gasteiger partial charge < -0.3 is 9.84 Å². The standard InChI is InChI=1S/C16H23NO5S/c1-17(10-16(7-8-16)11-23(3,20)21)14(15(19)22-2)12-5-4-6-13(18)9-12/h4-6,9,14,18H,7-8,10-11H2,1-3H3. The summed E-state index contributed by atoms with van der Waals surface area (Å²) in [5, 5.41) is 9.65. The van der Waals surface area contributed by atoms with Crippen LogP contribution in [0.2, 0.25) is 0 Å². The van der Waals surface area contributed by atoms with Gasteiger partial charge in [0.15, 0.2) is 0 Å². The lowest BCUT2D eigenvalue weighted by molar-refractivity contribution is -0.147. The first-order valence-electron chi connectivity index (χ1n) is 7.40. The van der Waals surface area contributed by atoms with Crippen molar-refractivity contribution in [2.45, 2.75) is 18.9 Å². The summed E-state index contributed by atoms with van der Waals surface area (Å²) in [6, 6.07) is 5.79. The zero-order valence-electron chi connectivity index (χ0n) is 13.7. The summed E-state index contributed by atoms with van der Waals surface area (Å²) in [4.78, 5) is 14.0. The van der Waals surface area contributed by atoms with Crippen LogP contribution in [0.4, 0.5) is 0 Å². The molecule has 0 bridgehead atoms. The van der Waals surface area contributed by atoms with Crippen molar-refractivity contribution in [2.24, 2.45) is 5.41 Å². The summed E-state index contributed by atoms with van der Waals surface area (Å²) in [7, 11) is 0.0160. The maximum Gasteiger partial charge on any atom is 0.327 e. The van der Waals surface area contributed by atoms with Crippen molar-refractivity contribution < 1.29 is 23.1 Å². The molecule has 2 rings (SSSR count). The van der Waals surface area contributed by atoms with Gasteiger partial charge in [-0.3, -0.25) is 4.90 Å². The van der Waals surface area contributed by atoms with E-state index >= 15 is 0 Å². The SMILES string of the molecule is COC(=O)C(c1cccc(O)c1)N(C)CC1(CS(C)(=O)=O)CC1. The van der Waals surface area contributed by atoms with Crippen molar-refractivity contribution in [3.63, 3.8) is 0 Å². The second-order valence-electron chi connectivity index (χ2n) is 6.51. The molecule has 0 aromatic heterocycles. The van der Waals surface area contributed by atoms with Crippen molar-refractivity contribution >= 4 is 15.8 Å². The van der Waals surface area contributed by atoms with E-state index in [1.54, 1.807) is 24.1 Å². The average molecular weight is 341 g/mol. The number of hydrogen-bond acceptors (Lipinski definition) is 6. The first-order chi connectivity index (χ1) is 10.7. The van der Waals surface area contributed by atoms with Crippen LogP contribution in [0.3, 0.4) is 0 Å². The fourth-order valence-corrected chi connectivity index (χ4v) is 4.57. The largest absolute Gasteiger partial charge is 0.508 e. The smallest absolute Gasteiger partial charge is 0.327 e. The zero-order valence-corrected chi connectivity index (χ0v) is 14.5. The van der Waals surface area contributed by atoms with Crippen LogP contribution in [0.5, 0.6) is 5.75 Å². The van der Waals surface area contributed by atoms with E-state index in [0.29, 0.717) is 12.1 Å². The monoisotopic (exact) mass is 341 g/mol. The fourth-order valence-electron chi connectivity index (χ4n) is 3.08. The molecule has 1 aliphatic rings. The molecule has 7 heteroatoms. The Labute approximate surface area is 137 Å². The normalized spacial score (nSPS) is 17.7. The summed E-state index contributed by atoms with van der Waals surface area (Å²) in [5.74, 6) is -0.242. The van der Waals surface area contributed by atoms with Gasteiger partial charge >= 0.3 is 5.97 Å². The topological polar surface area (TPSA) is 83.9 Å². The van der Waals surface area contributed by atoms with Crippen LogP contribution in [0, 0.1) is 5.41 Å². The summed E-state index contributed by atoms with van der Waals surface area (Å²) in [6.07, 6.45) is 2.90. The fraction of sp³-hybridized carbons (Fsp3) is 0.562. The van der Waals surface area contributed by atoms with Crippen LogP contribution in [0.1, 0.15) is 24.4 Å². The molecule has 1 aliphatic carbocycles. The maximum absolute atomic E-state index is 12.2. The van der Waals surface area contributed by atoms with Gasteiger partial charge in [-0.1, -0.05) is 12.1 Å². The van der Waals surface area contributed by atoms with Crippen molar-refractivity contribution in [1.82, 2.24) is 4.90 Å². The van der Waals surface area contributed by atoms with Crippen molar-refractivity contribution in [3.05, 3.63) is 29.8 Å². The molecule has 0 saturated heterocycles. The Balaban J connectivity index is 2.21. The maximum atomic E-state index is 12.2. The predicted molar refractivity (Wildman–Crippen MR) is 86.9 cm³/mol. The summed E-state index contributed by atoms with van der Waals surface area (Å²) < 4.78 is 28.1. The second-order valence-corrected chi connectivity index (χ2v) is 8.65. The highest BCUT2D eigenvalue weighted by atomic mass is 32.2. The molecule has 0 aliphatic heterocycles. The Hall–Kier alpha value is -1.60. The number of benzene rings is 1. The number of carbonyl (C=O) groups excluding carboxylic acids is 1. The van der Waals surface area contributed by atoms with E-state index in [1.807, 2.05) is 0 Å². The molecular weight excluding hydrogens is 318 g/mol. The molecule has 0 amide bonds. The number of phenolic OH excluding ortho intramolecular Hbond substituents is 1. The van der Waals surface area contributed by atoms with E-state index in [0.717, 1.165) is 12.8 Å². The molecule has 1 fully saturated rings. The molecule has 23 heavy (non-hydrogen) atoms. The highest BCUT2D eigenvalue weighted by Gasteiger charge is 2.47. The van der Waals surface area contributed by atoms with Crippen LogP contribution in [0.15, 0.2) is 24.3 Å². The lowest BCUT2D eigenvalue weighted by Crippen LogP contribution is -2.37. The van der Waals surface area contributed by atoms with Gasteiger partial charge in [-0.25, -0.2) is 13.2 Å². The average Bonchev–Trinajstić information content (AvgIpc) is 3.15. The van der Waals surface area contributed by atoms with Crippen LogP contribution in [-0.2, 0) is 19.4 Å². The molecule has 0 radical (unpaired) electrons. The number of hydrogen-bond donors (Lipinski definition) is 1. The molecule has 1 unspecified atom stereocenters. The number of nitrogens with zero attached hydrogens (tertiary/aromatic N) is 1. The molecular formula is C16H23NO5S. The van der Waals surface area contributed by atoms with E-state index in [-0.39, 0.29) is 16.9 Å². The number of sulfone groups is 1. The number of esters is 1. The van der Waals surface area contributed by atoms with Crippen LogP contribution in [0.25, 0.3) is 0 Å². The van der Waals surface area contributed by atoms with Crippen LogP contribution >= 0.6 is 0 Å². The third-order valence-electron chi connectivity index (χ3n) is 4.16. The number of phenols is 1. The number of ether oxygens (including phenoxy) is 1. The quantitative estimate of drug-likeness (QED) is 0.754. The Morgan fingerprint density at radius 1 is 1.43 bits per heavy atom. The van der Waals surface area contributed by atoms with Crippen molar-refractivity contribution in [3.8, 4) is 5.75 Å². The Morgan fingerprint density at radius 2 is 2.09 bits per heavy atom. The Bertz CT molecular complexity index is 681. The molecule has 128 valence electrons. The first-order valence-corrected chi connectivity index (χ1v) is 9.47. The number of rotatable bonds is 7. The summed E-state index contributed by atoms with van der Waals surface area (Å²) in [5.41, 5.74) is 0.334. The molecule has 1 aromatic carbocycles. The van der Waals surface area contributed by atoms with Crippen molar-refractivity contribution in [1.29, 1.82) is 0 Å². The molecule has 1 saturated carbocycles. The molecule has 0 heterocycles. The molecule has 1 N–H and O–H groups in total. The van der Waals surface area contributed by atoms with E-state index in [2.05, 4.69) is 0 Å². The van der Waals surface area contributed by atoms with E-state index in [4.69, 9.17) is 4.74 Å². The highest BCUT2D eigenvalue weighted by molar-refractivity contribution is 7.90. The number of carbonyl (C=O) groups is 1. The minimum absolute atomic E-state index is 0.0714. The van der Waals surface area contributed by atoms with Gasteiger partial charge in [-0.15, -0.1) is 0 Å². The number of likely N-dealkylation sites (N-methyl/N-ethyl adjacent to an activating group) is 1. The lowest BCUT2D eigenvalue weighted by atomic mass is 10.0. The van der Waals surface area contributed by atoms with E-state index < -0.39 is 21.8 Å². The Morgan fingerprint density at radius 3 is 2.57 bits per heavy atom. The predicted octanol–water partition coefficient (Wildman–Crippen LogP) is 1.36. The van der Waals surface area contributed by atoms with Gasteiger partial charge in [0.25, 0.3) is 0 Å². The minimum Gasteiger partial charge on any atom is -0.508 e. The number of aromatic hydroxyl groups is 1. The minimum atomic E-state index is -3.07. The van der Waals surface area contributed by atoms with Crippen LogP contribution < -0.4 is 0 Å². The zero-order chi connectivity index (χ0) is 17.3. The first kappa shape index (κ1) is 17.7. The van der Waals surface area contributed by atoms with Crippen molar-refractivity contribution in [2.75, 3.05) is 32.7 Å². The number of methoxy groups -OCH3 is 1. The third-order valence-corrected chi connectivity index (χ3v) is 5.30. The van der Waals surface area contributed by atoms with E-state index in [9.17, 15) is 18.3 Å². The highest BCUT2D eigenvalue weighted by Crippen LogP contribution is 2.48.